The van der Waals surface area contributed by atoms with Gasteiger partial charge in [-0.15, -0.1) is 0 Å². The third kappa shape index (κ3) is 1.74. The Bertz CT molecular complexity index is 492. The zero-order valence-electron chi connectivity index (χ0n) is 10.5. The fraction of sp³-hybridized carbons (Fsp3) is 0.467. The molecule has 18 heavy (non-hydrogen) atoms. The number of amides is 2. The molecule has 94 valence electrons. The van der Waals surface area contributed by atoms with Crippen molar-refractivity contribution in [3.05, 3.63) is 35.9 Å². The summed E-state index contributed by atoms with van der Waals surface area (Å²) in [7, 11) is 0. The van der Waals surface area contributed by atoms with Gasteiger partial charge >= 0.3 is 0 Å². The summed E-state index contributed by atoms with van der Waals surface area (Å²) in [5.74, 6) is 0.0648. The number of rotatable bonds is 2. The van der Waals surface area contributed by atoms with Crippen molar-refractivity contribution in [2.45, 2.75) is 32.1 Å². The van der Waals surface area contributed by atoms with Crippen LogP contribution in [0.15, 0.2) is 30.3 Å². The standard InChI is InChI=1S/C15H17NO2/c1-15(11-7-8-11)9-12(17)16-14(18)13(15)10-5-3-2-4-6-10/h2-6,11,13H,7-9H2,1H3,(H,16,17,18). The second-order valence-electron chi connectivity index (χ2n) is 5.71. The van der Waals surface area contributed by atoms with Crippen molar-refractivity contribution in [1.29, 1.82) is 0 Å². The van der Waals surface area contributed by atoms with Crippen molar-refractivity contribution in [3.8, 4) is 0 Å². The van der Waals surface area contributed by atoms with Gasteiger partial charge < -0.3 is 0 Å². The summed E-state index contributed by atoms with van der Waals surface area (Å²) in [4.78, 5) is 23.9. The molecule has 0 aromatic heterocycles. The van der Waals surface area contributed by atoms with Gasteiger partial charge in [0.15, 0.2) is 0 Å². The van der Waals surface area contributed by atoms with Gasteiger partial charge in [-0.2, -0.15) is 0 Å². The van der Waals surface area contributed by atoms with Crippen LogP contribution < -0.4 is 5.32 Å². The lowest BCUT2D eigenvalue weighted by Crippen LogP contribution is -2.50. The molecule has 0 bridgehead atoms. The van der Waals surface area contributed by atoms with E-state index in [2.05, 4.69) is 12.2 Å². The van der Waals surface area contributed by atoms with Crippen LogP contribution in [0.3, 0.4) is 0 Å². The third-order valence-corrected chi connectivity index (χ3v) is 4.37. The van der Waals surface area contributed by atoms with E-state index in [9.17, 15) is 9.59 Å². The number of hydrogen-bond acceptors (Lipinski definition) is 2. The first-order valence-corrected chi connectivity index (χ1v) is 6.50. The van der Waals surface area contributed by atoms with Gasteiger partial charge in [-0.1, -0.05) is 37.3 Å². The molecule has 1 N–H and O–H groups in total. The van der Waals surface area contributed by atoms with Crippen LogP contribution >= 0.6 is 0 Å². The van der Waals surface area contributed by atoms with Crippen LogP contribution in [-0.4, -0.2) is 11.8 Å². The Labute approximate surface area is 107 Å². The molecule has 1 saturated carbocycles. The first-order chi connectivity index (χ1) is 8.61. The number of nitrogens with one attached hydrogen (secondary N) is 1. The summed E-state index contributed by atoms with van der Waals surface area (Å²) in [5, 5.41) is 2.49. The van der Waals surface area contributed by atoms with Crippen molar-refractivity contribution in [2.24, 2.45) is 11.3 Å². The molecule has 2 atom stereocenters. The third-order valence-electron chi connectivity index (χ3n) is 4.37. The predicted molar refractivity (Wildman–Crippen MR) is 67.8 cm³/mol. The van der Waals surface area contributed by atoms with E-state index in [0.29, 0.717) is 12.3 Å². The molecule has 2 unspecified atom stereocenters. The maximum atomic E-state index is 12.2. The summed E-state index contributed by atoms with van der Waals surface area (Å²) in [5.41, 5.74) is 0.817. The number of hydrogen-bond donors (Lipinski definition) is 1. The highest BCUT2D eigenvalue weighted by atomic mass is 16.2. The largest absolute Gasteiger partial charge is 0.296 e. The van der Waals surface area contributed by atoms with E-state index in [1.165, 1.54) is 0 Å². The van der Waals surface area contributed by atoms with Crippen molar-refractivity contribution in [2.75, 3.05) is 0 Å². The van der Waals surface area contributed by atoms with E-state index in [1.807, 2.05) is 30.3 Å². The fourth-order valence-corrected chi connectivity index (χ4v) is 3.30. The lowest BCUT2D eigenvalue weighted by atomic mass is 9.65. The van der Waals surface area contributed by atoms with Gasteiger partial charge in [0.25, 0.3) is 0 Å². The summed E-state index contributed by atoms with van der Waals surface area (Å²) < 4.78 is 0. The molecule has 3 nitrogen and oxygen atoms in total. The molecule has 0 spiro atoms. The van der Waals surface area contributed by atoms with Gasteiger partial charge in [-0.3, -0.25) is 14.9 Å². The number of imide groups is 1. The van der Waals surface area contributed by atoms with Gasteiger partial charge in [0, 0.05) is 6.42 Å². The molecular formula is C15H17NO2. The molecule has 2 fully saturated rings. The number of carbonyl (C=O) groups is 2. The molecule has 1 aromatic carbocycles. The Morgan fingerprint density at radius 3 is 2.44 bits per heavy atom. The van der Waals surface area contributed by atoms with Crippen molar-refractivity contribution in [1.82, 2.24) is 5.32 Å². The zero-order valence-corrected chi connectivity index (χ0v) is 10.5. The fourth-order valence-electron chi connectivity index (χ4n) is 3.30. The van der Waals surface area contributed by atoms with Crippen LogP contribution in [-0.2, 0) is 9.59 Å². The molecule has 2 aliphatic rings. The normalized spacial score (nSPS) is 32.2. The Kier molecular flexibility index (Phi) is 2.51. The minimum atomic E-state index is -0.208. The molecular weight excluding hydrogens is 226 g/mol. The average molecular weight is 243 g/mol. The number of benzene rings is 1. The number of piperidine rings is 1. The van der Waals surface area contributed by atoms with Crippen LogP contribution in [0.25, 0.3) is 0 Å². The maximum absolute atomic E-state index is 12.2. The highest BCUT2D eigenvalue weighted by Crippen LogP contribution is 2.56. The Morgan fingerprint density at radius 2 is 1.83 bits per heavy atom. The highest BCUT2D eigenvalue weighted by molar-refractivity contribution is 6.02. The molecule has 3 heteroatoms. The van der Waals surface area contributed by atoms with Crippen LogP contribution in [0.1, 0.15) is 37.7 Å². The lowest BCUT2D eigenvalue weighted by Gasteiger charge is -2.40. The van der Waals surface area contributed by atoms with Crippen LogP contribution in [0.2, 0.25) is 0 Å². The molecule has 3 rings (SSSR count). The van der Waals surface area contributed by atoms with E-state index < -0.39 is 0 Å². The zero-order chi connectivity index (χ0) is 12.8. The lowest BCUT2D eigenvalue weighted by molar-refractivity contribution is -0.140. The molecule has 1 saturated heterocycles. The molecule has 1 heterocycles. The Morgan fingerprint density at radius 1 is 1.17 bits per heavy atom. The SMILES string of the molecule is CC1(C2CC2)CC(=O)NC(=O)C1c1ccccc1. The van der Waals surface area contributed by atoms with Gasteiger partial charge in [-0.25, -0.2) is 0 Å². The molecule has 1 aromatic rings. The smallest absolute Gasteiger partial charge is 0.234 e. The van der Waals surface area contributed by atoms with Crippen LogP contribution in [0.4, 0.5) is 0 Å². The maximum Gasteiger partial charge on any atom is 0.234 e. The van der Waals surface area contributed by atoms with Gasteiger partial charge in [0.05, 0.1) is 5.92 Å². The summed E-state index contributed by atoms with van der Waals surface area (Å²) in [6.07, 6.45) is 2.74. The highest BCUT2D eigenvalue weighted by Gasteiger charge is 2.53. The molecule has 1 aliphatic heterocycles. The molecule has 0 radical (unpaired) electrons. The first kappa shape index (κ1) is 11.5. The van der Waals surface area contributed by atoms with E-state index in [1.54, 1.807) is 0 Å². The number of carbonyl (C=O) groups excluding carboxylic acids is 2. The molecule has 2 amide bonds. The summed E-state index contributed by atoms with van der Waals surface area (Å²) >= 11 is 0. The minimum absolute atomic E-state index is 0.124. The van der Waals surface area contributed by atoms with Crippen LogP contribution in [0, 0.1) is 11.3 Å². The van der Waals surface area contributed by atoms with E-state index in [0.717, 1.165) is 18.4 Å². The van der Waals surface area contributed by atoms with E-state index in [4.69, 9.17) is 0 Å². The second kappa shape index (κ2) is 3.94. The quantitative estimate of drug-likeness (QED) is 0.810. The summed E-state index contributed by atoms with van der Waals surface area (Å²) in [6, 6.07) is 9.82. The van der Waals surface area contributed by atoms with Gasteiger partial charge in [0.1, 0.15) is 0 Å². The second-order valence-corrected chi connectivity index (χ2v) is 5.71. The molecule has 1 aliphatic carbocycles. The Balaban J connectivity index is 2.03. The monoisotopic (exact) mass is 243 g/mol. The topological polar surface area (TPSA) is 46.2 Å². The minimum Gasteiger partial charge on any atom is -0.296 e. The van der Waals surface area contributed by atoms with E-state index >= 15 is 0 Å². The van der Waals surface area contributed by atoms with Gasteiger partial charge in [-0.05, 0) is 29.7 Å². The van der Waals surface area contributed by atoms with Crippen LogP contribution in [0.5, 0.6) is 0 Å². The summed E-state index contributed by atoms with van der Waals surface area (Å²) in [6.45, 7) is 2.10. The first-order valence-electron chi connectivity index (χ1n) is 6.50. The van der Waals surface area contributed by atoms with Crippen molar-refractivity contribution >= 4 is 11.8 Å². The van der Waals surface area contributed by atoms with Gasteiger partial charge in [0.2, 0.25) is 11.8 Å². The van der Waals surface area contributed by atoms with Crippen molar-refractivity contribution in [3.63, 3.8) is 0 Å². The van der Waals surface area contributed by atoms with E-state index in [-0.39, 0.29) is 23.1 Å². The average Bonchev–Trinajstić information content (AvgIpc) is 3.13. The van der Waals surface area contributed by atoms with Crippen molar-refractivity contribution < 1.29 is 9.59 Å². The Hall–Kier alpha value is -1.64. The predicted octanol–water partition coefficient (Wildman–Crippen LogP) is 2.23.